The van der Waals surface area contributed by atoms with Gasteiger partial charge in [0.1, 0.15) is 6.20 Å². The van der Waals surface area contributed by atoms with E-state index in [0.717, 1.165) is 13.1 Å². The molecule has 24 heavy (non-hydrogen) atoms. The minimum Gasteiger partial charge on any atom is -0.414 e. The number of aryl methyl sites for hydroxylation is 1. The third-order valence-corrected chi connectivity index (χ3v) is 6.04. The number of fused-ring (bicyclic) bond motifs is 3. The summed E-state index contributed by atoms with van der Waals surface area (Å²) < 4.78 is 10.9. The molecule has 2 atom stereocenters. The van der Waals surface area contributed by atoms with Crippen molar-refractivity contribution in [3.05, 3.63) is 29.1 Å². The van der Waals surface area contributed by atoms with Crippen molar-refractivity contribution in [1.82, 2.24) is 15.2 Å². The maximum absolute atomic E-state index is 12.6. The molecule has 1 N–H and O–H groups in total. The van der Waals surface area contributed by atoms with Gasteiger partial charge >= 0.3 is 5.95 Å². The molecule has 2 bridgehead atoms. The van der Waals surface area contributed by atoms with Crippen LogP contribution in [0.4, 0.5) is 0 Å². The van der Waals surface area contributed by atoms with Crippen LogP contribution < -0.4 is 10.1 Å². The zero-order valence-electron chi connectivity index (χ0n) is 13.8. The first-order valence-corrected chi connectivity index (χ1v) is 9.17. The third-order valence-electron chi connectivity index (χ3n) is 5.08. The fourth-order valence-electron chi connectivity index (χ4n) is 3.75. The van der Waals surface area contributed by atoms with Crippen LogP contribution in [0.1, 0.15) is 35.3 Å². The van der Waals surface area contributed by atoms with Crippen LogP contribution >= 0.6 is 11.3 Å². The Bertz CT molecular complexity index is 731. The highest BCUT2D eigenvalue weighted by Crippen LogP contribution is 2.33. The number of aromatic nitrogens is 1. The molecular formula is C17H21N3O3S. The summed E-state index contributed by atoms with van der Waals surface area (Å²) in [5.41, 5.74) is 0. The van der Waals surface area contributed by atoms with Gasteiger partial charge in [0.25, 0.3) is 5.91 Å². The van der Waals surface area contributed by atoms with E-state index in [1.807, 2.05) is 0 Å². The first-order chi connectivity index (χ1) is 11.6. The van der Waals surface area contributed by atoms with Gasteiger partial charge in [-0.3, -0.25) is 9.69 Å². The number of oxazole rings is 1. The predicted octanol–water partition coefficient (Wildman–Crippen LogP) is 3.05. The minimum absolute atomic E-state index is 0.0193. The van der Waals surface area contributed by atoms with Crippen LogP contribution in [0, 0.1) is 12.8 Å². The zero-order valence-corrected chi connectivity index (χ0v) is 14.6. The fourth-order valence-corrected chi connectivity index (χ4v) is 4.52. The molecule has 3 saturated heterocycles. The predicted molar refractivity (Wildman–Crippen MR) is 90.6 cm³/mol. The lowest BCUT2D eigenvalue weighted by molar-refractivity contribution is 0.0218. The van der Waals surface area contributed by atoms with Gasteiger partial charge in [-0.2, -0.15) is 0 Å². The van der Waals surface area contributed by atoms with Crippen LogP contribution in [-0.2, 0) is 0 Å². The number of hydrogen-bond donors (Lipinski definition) is 1. The SMILES string of the molecule is Cc1ncc(Oc2ccc(C(=O)NC3C4CCN(CC4)C3C)s2)o1. The second-order valence-corrected chi connectivity index (χ2v) is 7.58. The molecule has 128 valence electrons. The van der Waals surface area contributed by atoms with Crippen molar-refractivity contribution in [2.24, 2.45) is 5.92 Å². The molecule has 3 aliphatic rings. The molecule has 2 aromatic rings. The van der Waals surface area contributed by atoms with E-state index in [0.29, 0.717) is 33.7 Å². The molecule has 2 aromatic heterocycles. The normalized spacial score (nSPS) is 28.8. The molecule has 3 aliphatic heterocycles. The van der Waals surface area contributed by atoms with Crippen molar-refractivity contribution in [2.45, 2.75) is 38.8 Å². The largest absolute Gasteiger partial charge is 0.414 e. The summed E-state index contributed by atoms with van der Waals surface area (Å²) in [5, 5.41) is 3.86. The Morgan fingerprint density at radius 2 is 2.21 bits per heavy atom. The summed E-state index contributed by atoms with van der Waals surface area (Å²) in [4.78, 5) is 19.7. The van der Waals surface area contributed by atoms with Gasteiger partial charge in [0, 0.05) is 19.0 Å². The maximum atomic E-state index is 12.6. The molecule has 6 nitrogen and oxygen atoms in total. The number of amides is 1. The molecule has 1 amide bonds. The molecule has 5 rings (SSSR count). The Morgan fingerprint density at radius 3 is 2.88 bits per heavy atom. The van der Waals surface area contributed by atoms with E-state index in [9.17, 15) is 4.79 Å². The first kappa shape index (κ1) is 15.7. The van der Waals surface area contributed by atoms with E-state index in [4.69, 9.17) is 9.15 Å². The van der Waals surface area contributed by atoms with Crippen LogP contribution in [0.25, 0.3) is 0 Å². The van der Waals surface area contributed by atoms with E-state index in [-0.39, 0.29) is 11.9 Å². The van der Waals surface area contributed by atoms with Crippen molar-refractivity contribution in [3.63, 3.8) is 0 Å². The quantitative estimate of drug-likeness (QED) is 0.921. The average Bonchev–Trinajstić information content (AvgIpc) is 3.21. The Hall–Kier alpha value is -1.86. The molecule has 3 fully saturated rings. The van der Waals surface area contributed by atoms with Gasteiger partial charge in [-0.1, -0.05) is 11.3 Å². The van der Waals surface area contributed by atoms with E-state index in [1.54, 1.807) is 19.1 Å². The van der Waals surface area contributed by atoms with Gasteiger partial charge < -0.3 is 14.5 Å². The lowest BCUT2D eigenvalue weighted by Crippen LogP contribution is -2.62. The number of piperidine rings is 3. The lowest BCUT2D eigenvalue weighted by Gasteiger charge is -2.49. The van der Waals surface area contributed by atoms with Gasteiger partial charge in [-0.15, -0.1) is 0 Å². The smallest absolute Gasteiger partial charge is 0.311 e. The molecule has 0 radical (unpaired) electrons. The number of hydrogen-bond acceptors (Lipinski definition) is 6. The minimum atomic E-state index is -0.0193. The Balaban J connectivity index is 1.41. The van der Waals surface area contributed by atoms with Gasteiger partial charge in [0.05, 0.1) is 4.88 Å². The van der Waals surface area contributed by atoms with Gasteiger partial charge in [0.15, 0.2) is 11.0 Å². The van der Waals surface area contributed by atoms with Crippen molar-refractivity contribution < 1.29 is 13.9 Å². The van der Waals surface area contributed by atoms with E-state index in [1.165, 1.54) is 30.4 Å². The summed E-state index contributed by atoms with van der Waals surface area (Å²) in [6.45, 7) is 6.29. The number of ether oxygens (including phenoxy) is 1. The van der Waals surface area contributed by atoms with Crippen LogP contribution in [0.5, 0.6) is 11.0 Å². The molecule has 2 unspecified atom stereocenters. The number of thiophene rings is 1. The van der Waals surface area contributed by atoms with Gasteiger partial charge in [0.2, 0.25) is 0 Å². The van der Waals surface area contributed by atoms with E-state index in [2.05, 4.69) is 22.1 Å². The summed E-state index contributed by atoms with van der Waals surface area (Å²) in [6, 6.07) is 4.24. The van der Waals surface area contributed by atoms with Crippen molar-refractivity contribution in [2.75, 3.05) is 13.1 Å². The Labute approximate surface area is 144 Å². The van der Waals surface area contributed by atoms with Crippen molar-refractivity contribution >= 4 is 17.2 Å². The van der Waals surface area contributed by atoms with Gasteiger partial charge in [-0.05, 0) is 50.9 Å². The molecule has 0 saturated carbocycles. The topological polar surface area (TPSA) is 67.6 Å². The van der Waals surface area contributed by atoms with Crippen molar-refractivity contribution in [1.29, 1.82) is 0 Å². The molecule has 0 aliphatic carbocycles. The van der Waals surface area contributed by atoms with Crippen LogP contribution in [0.3, 0.4) is 0 Å². The first-order valence-electron chi connectivity index (χ1n) is 8.35. The number of carbonyl (C=O) groups is 1. The molecule has 7 heteroatoms. The Kier molecular flexibility index (Phi) is 4.05. The highest BCUT2D eigenvalue weighted by molar-refractivity contribution is 7.15. The Morgan fingerprint density at radius 1 is 1.42 bits per heavy atom. The highest BCUT2D eigenvalue weighted by Gasteiger charge is 2.40. The molecule has 0 aromatic carbocycles. The van der Waals surface area contributed by atoms with Crippen molar-refractivity contribution in [3.8, 4) is 11.0 Å². The molecule has 0 spiro atoms. The number of nitrogens with one attached hydrogen (secondary N) is 1. The average molecular weight is 347 g/mol. The maximum Gasteiger partial charge on any atom is 0.311 e. The molecular weight excluding hydrogens is 326 g/mol. The number of nitrogens with zero attached hydrogens (tertiary/aromatic N) is 2. The second kappa shape index (κ2) is 6.22. The number of rotatable bonds is 4. The summed E-state index contributed by atoms with van der Waals surface area (Å²) >= 11 is 1.32. The molecule has 5 heterocycles. The van der Waals surface area contributed by atoms with E-state index >= 15 is 0 Å². The van der Waals surface area contributed by atoms with Gasteiger partial charge in [-0.25, -0.2) is 4.98 Å². The lowest BCUT2D eigenvalue weighted by atomic mass is 9.79. The summed E-state index contributed by atoms with van der Waals surface area (Å²) in [5.74, 6) is 1.47. The van der Waals surface area contributed by atoms with Crippen LogP contribution in [0.15, 0.2) is 22.7 Å². The fraction of sp³-hybridized carbons (Fsp3) is 0.529. The third kappa shape index (κ3) is 2.93. The van der Waals surface area contributed by atoms with Crippen LogP contribution in [0.2, 0.25) is 0 Å². The van der Waals surface area contributed by atoms with E-state index < -0.39 is 0 Å². The standard InChI is InChI=1S/C17H21N3O3S/c1-10-16(12-5-7-20(10)8-6-12)19-17(21)13-3-4-15(24-13)23-14-9-18-11(2)22-14/h3-4,9-10,12,16H,5-8H2,1-2H3,(H,19,21). The highest BCUT2D eigenvalue weighted by atomic mass is 32.1. The second-order valence-electron chi connectivity index (χ2n) is 6.53. The zero-order chi connectivity index (χ0) is 16.7. The summed E-state index contributed by atoms with van der Waals surface area (Å²) in [7, 11) is 0. The number of carbonyl (C=O) groups excluding carboxylic acids is 1. The summed E-state index contributed by atoms with van der Waals surface area (Å²) in [6.07, 6.45) is 3.89. The van der Waals surface area contributed by atoms with Crippen LogP contribution in [-0.4, -0.2) is 41.0 Å². The monoisotopic (exact) mass is 347 g/mol.